The first-order chi connectivity index (χ1) is 7.68. The van der Waals surface area contributed by atoms with Gasteiger partial charge in [-0.1, -0.05) is 6.07 Å². The molecule has 3 rings (SSSR count). The van der Waals surface area contributed by atoms with Crippen molar-refractivity contribution < 1.29 is 4.39 Å². The summed E-state index contributed by atoms with van der Waals surface area (Å²) in [6.45, 7) is 1.78. The highest BCUT2D eigenvalue weighted by molar-refractivity contribution is 5.80. The first-order valence-corrected chi connectivity index (χ1v) is 5.48. The summed E-state index contributed by atoms with van der Waals surface area (Å²) in [6, 6.07) is 5.08. The van der Waals surface area contributed by atoms with E-state index in [1.165, 1.54) is 6.07 Å². The molecule has 1 saturated carbocycles. The Kier molecular flexibility index (Phi) is 1.90. The molecule has 1 aromatic heterocycles. The molecule has 82 valence electrons. The third kappa shape index (κ3) is 1.28. The molecule has 1 aliphatic rings. The van der Waals surface area contributed by atoms with Gasteiger partial charge < -0.3 is 4.57 Å². The zero-order valence-corrected chi connectivity index (χ0v) is 9.03. The molecule has 0 amide bonds. The van der Waals surface area contributed by atoms with E-state index in [4.69, 9.17) is 0 Å². The highest BCUT2D eigenvalue weighted by Crippen LogP contribution is 2.37. The lowest BCUT2D eigenvalue weighted by molar-refractivity contribution is 0.622. The van der Waals surface area contributed by atoms with E-state index >= 15 is 0 Å². The molecule has 0 radical (unpaired) electrons. The quantitative estimate of drug-likeness (QED) is 0.720. The van der Waals surface area contributed by atoms with Crippen molar-refractivity contribution in [1.82, 2.24) is 4.57 Å². The Morgan fingerprint density at radius 1 is 1.38 bits per heavy atom. The molecule has 0 bridgehead atoms. The van der Waals surface area contributed by atoms with Gasteiger partial charge in [-0.25, -0.2) is 4.39 Å². The summed E-state index contributed by atoms with van der Waals surface area (Å²) in [4.78, 5) is 11.9. The molecular formula is C13H12FNO. The molecule has 1 heterocycles. The second-order valence-electron chi connectivity index (χ2n) is 4.42. The fourth-order valence-corrected chi connectivity index (χ4v) is 2.15. The number of rotatable bonds is 1. The normalized spacial score (nSPS) is 15.6. The van der Waals surface area contributed by atoms with Crippen LogP contribution in [0, 0.1) is 12.7 Å². The standard InChI is InChI=1S/C13H12FNO/c1-8-7-15(9-5-6-9)12-10(13(8)16)3-2-4-11(12)14/h2-4,7,9H,5-6H2,1H3. The van der Waals surface area contributed by atoms with Crippen LogP contribution in [-0.4, -0.2) is 4.57 Å². The average molecular weight is 217 g/mol. The van der Waals surface area contributed by atoms with Crippen molar-refractivity contribution in [2.75, 3.05) is 0 Å². The van der Waals surface area contributed by atoms with Crippen LogP contribution in [0.4, 0.5) is 4.39 Å². The number of halogens is 1. The predicted molar refractivity (Wildman–Crippen MR) is 61.2 cm³/mol. The average Bonchev–Trinajstić information content (AvgIpc) is 3.07. The lowest BCUT2D eigenvalue weighted by Gasteiger charge is -2.11. The van der Waals surface area contributed by atoms with Crippen molar-refractivity contribution in [3.05, 3.63) is 46.0 Å². The molecule has 0 unspecified atom stereocenters. The van der Waals surface area contributed by atoms with Gasteiger partial charge in [-0.15, -0.1) is 0 Å². The molecule has 0 N–H and O–H groups in total. The number of para-hydroxylation sites is 1. The van der Waals surface area contributed by atoms with Crippen molar-refractivity contribution in [2.45, 2.75) is 25.8 Å². The zero-order valence-electron chi connectivity index (χ0n) is 9.03. The minimum absolute atomic E-state index is 0.0635. The summed E-state index contributed by atoms with van der Waals surface area (Å²) in [7, 11) is 0. The molecule has 16 heavy (non-hydrogen) atoms. The lowest BCUT2D eigenvalue weighted by atomic mass is 10.1. The maximum atomic E-state index is 13.8. The number of hydrogen-bond donors (Lipinski definition) is 0. The molecule has 0 saturated heterocycles. The van der Waals surface area contributed by atoms with Crippen LogP contribution in [0.5, 0.6) is 0 Å². The Hall–Kier alpha value is -1.64. The second-order valence-corrected chi connectivity index (χ2v) is 4.42. The van der Waals surface area contributed by atoms with Crippen molar-refractivity contribution in [1.29, 1.82) is 0 Å². The third-order valence-electron chi connectivity index (χ3n) is 3.12. The Morgan fingerprint density at radius 2 is 2.12 bits per heavy atom. The first kappa shape index (κ1) is 9.58. The van der Waals surface area contributed by atoms with Gasteiger partial charge in [0.25, 0.3) is 0 Å². The number of pyridine rings is 1. The molecule has 3 heteroatoms. The monoisotopic (exact) mass is 217 g/mol. The maximum Gasteiger partial charge on any atom is 0.192 e. The molecule has 0 spiro atoms. The Labute approximate surface area is 92.3 Å². The number of aromatic nitrogens is 1. The van der Waals surface area contributed by atoms with Crippen LogP contribution >= 0.6 is 0 Å². The summed E-state index contributed by atoms with van der Waals surface area (Å²) in [5.41, 5.74) is 1.08. The van der Waals surface area contributed by atoms with Crippen LogP contribution in [0.15, 0.2) is 29.2 Å². The minimum Gasteiger partial charge on any atom is -0.342 e. The van der Waals surface area contributed by atoms with Crippen LogP contribution in [-0.2, 0) is 0 Å². The Bertz CT molecular complexity index is 626. The van der Waals surface area contributed by atoms with E-state index in [-0.39, 0.29) is 11.2 Å². The maximum absolute atomic E-state index is 13.8. The largest absolute Gasteiger partial charge is 0.342 e. The number of aryl methyl sites for hydroxylation is 1. The number of hydrogen-bond acceptors (Lipinski definition) is 1. The summed E-state index contributed by atoms with van der Waals surface area (Å²) in [5.74, 6) is -0.304. The minimum atomic E-state index is -0.304. The van der Waals surface area contributed by atoms with Crippen LogP contribution in [0.25, 0.3) is 10.9 Å². The van der Waals surface area contributed by atoms with Crippen molar-refractivity contribution in [3.63, 3.8) is 0 Å². The van der Waals surface area contributed by atoms with E-state index in [9.17, 15) is 9.18 Å². The van der Waals surface area contributed by atoms with Gasteiger partial charge in [-0.2, -0.15) is 0 Å². The number of nitrogens with zero attached hydrogens (tertiary/aromatic N) is 1. The van der Waals surface area contributed by atoms with Crippen molar-refractivity contribution in [3.8, 4) is 0 Å². The first-order valence-electron chi connectivity index (χ1n) is 5.48. The molecule has 0 aliphatic heterocycles. The smallest absolute Gasteiger partial charge is 0.192 e. The van der Waals surface area contributed by atoms with E-state index < -0.39 is 0 Å². The molecular weight excluding hydrogens is 205 g/mol. The fourth-order valence-electron chi connectivity index (χ4n) is 2.15. The van der Waals surface area contributed by atoms with E-state index in [0.717, 1.165) is 12.8 Å². The SMILES string of the molecule is Cc1cn(C2CC2)c2c(F)cccc2c1=O. The van der Waals surface area contributed by atoms with E-state index in [1.54, 1.807) is 25.3 Å². The van der Waals surface area contributed by atoms with Crippen molar-refractivity contribution in [2.24, 2.45) is 0 Å². The van der Waals surface area contributed by atoms with Gasteiger partial charge in [0, 0.05) is 23.2 Å². The van der Waals surface area contributed by atoms with Gasteiger partial charge >= 0.3 is 0 Å². The Balaban J connectivity index is 2.49. The van der Waals surface area contributed by atoms with Gasteiger partial charge in [0.05, 0.1) is 5.52 Å². The predicted octanol–water partition coefficient (Wildman–Crippen LogP) is 2.78. The van der Waals surface area contributed by atoms with E-state index in [0.29, 0.717) is 22.5 Å². The lowest BCUT2D eigenvalue weighted by Crippen LogP contribution is -2.12. The molecule has 1 aliphatic carbocycles. The van der Waals surface area contributed by atoms with E-state index in [2.05, 4.69) is 0 Å². The highest BCUT2D eigenvalue weighted by atomic mass is 19.1. The van der Waals surface area contributed by atoms with Crippen LogP contribution in [0.3, 0.4) is 0 Å². The summed E-state index contributed by atoms with van der Waals surface area (Å²) in [6.07, 6.45) is 3.93. The Morgan fingerprint density at radius 3 is 2.81 bits per heavy atom. The summed E-state index contributed by atoms with van der Waals surface area (Å²) in [5, 5.41) is 0.493. The van der Waals surface area contributed by atoms with Gasteiger partial charge in [0.1, 0.15) is 5.82 Å². The van der Waals surface area contributed by atoms with Crippen LogP contribution in [0.2, 0.25) is 0 Å². The van der Waals surface area contributed by atoms with Gasteiger partial charge in [-0.3, -0.25) is 4.79 Å². The molecule has 2 nitrogen and oxygen atoms in total. The van der Waals surface area contributed by atoms with Gasteiger partial charge in [0.15, 0.2) is 5.43 Å². The second kappa shape index (κ2) is 3.17. The van der Waals surface area contributed by atoms with Gasteiger partial charge in [0.2, 0.25) is 0 Å². The van der Waals surface area contributed by atoms with Crippen molar-refractivity contribution >= 4 is 10.9 Å². The molecule has 1 fully saturated rings. The van der Waals surface area contributed by atoms with Crippen LogP contribution in [0.1, 0.15) is 24.4 Å². The molecule has 0 atom stereocenters. The summed E-state index contributed by atoms with van der Waals surface area (Å²) >= 11 is 0. The van der Waals surface area contributed by atoms with E-state index in [1.807, 2.05) is 4.57 Å². The highest BCUT2D eigenvalue weighted by Gasteiger charge is 2.25. The summed E-state index contributed by atoms with van der Waals surface area (Å²) < 4.78 is 15.7. The number of fused-ring (bicyclic) bond motifs is 1. The van der Waals surface area contributed by atoms with Gasteiger partial charge in [-0.05, 0) is 31.9 Å². The van der Waals surface area contributed by atoms with Crippen LogP contribution < -0.4 is 5.43 Å². The zero-order chi connectivity index (χ0) is 11.3. The number of benzene rings is 1. The third-order valence-corrected chi connectivity index (χ3v) is 3.12. The molecule has 1 aromatic carbocycles. The molecule has 2 aromatic rings. The topological polar surface area (TPSA) is 22.0 Å². The fraction of sp³-hybridized carbons (Fsp3) is 0.308.